The van der Waals surface area contributed by atoms with Gasteiger partial charge >= 0.3 is 5.97 Å². The van der Waals surface area contributed by atoms with Gasteiger partial charge < -0.3 is 20.9 Å². The lowest BCUT2D eigenvalue weighted by atomic mass is 10.0. The molecule has 0 aromatic carbocycles. The van der Waals surface area contributed by atoms with E-state index in [1.165, 1.54) is 0 Å². The van der Waals surface area contributed by atoms with E-state index in [1.807, 2.05) is 6.92 Å². The van der Waals surface area contributed by atoms with Crippen LogP contribution in [0.2, 0.25) is 0 Å². The van der Waals surface area contributed by atoms with Crippen molar-refractivity contribution in [2.75, 3.05) is 13.1 Å². The maximum Gasteiger partial charge on any atom is 0.332 e. The number of amides is 1. The molecule has 1 rings (SSSR count). The Morgan fingerprint density at radius 3 is 2.72 bits per heavy atom. The summed E-state index contributed by atoms with van der Waals surface area (Å²) in [6.07, 6.45) is 1.92. The van der Waals surface area contributed by atoms with Crippen molar-refractivity contribution in [3.05, 3.63) is 0 Å². The van der Waals surface area contributed by atoms with E-state index in [0.29, 0.717) is 25.9 Å². The lowest BCUT2D eigenvalue weighted by Gasteiger charge is -2.16. The van der Waals surface area contributed by atoms with Crippen LogP contribution >= 0.6 is 0 Å². The maximum atomic E-state index is 11.8. The van der Waals surface area contributed by atoms with E-state index in [2.05, 4.69) is 5.32 Å². The van der Waals surface area contributed by atoms with E-state index in [4.69, 9.17) is 15.6 Å². The zero-order valence-electron chi connectivity index (χ0n) is 10.7. The van der Waals surface area contributed by atoms with E-state index in [-0.39, 0.29) is 17.9 Å². The standard InChI is InChI=1S/C12H22N2O4/c1-2-3-8(6-13)11(15)14-7-9-4-5-10(18-9)12(16)17/h8-10H,2-7,13H2,1H3,(H,14,15)(H,16,17). The minimum atomic E-state index is -0.936. The number of carboxylic acid groups (broad SMARTS) is 1. The molecule has 0 saturated carbocycles. The molecular formula is C12H22N2O4. The molecule has 0 radical (unpaired) electrons. The third kappa shape index (κ3) is 4.27. The van der Waals surface area contributed by atoms with Crippen LogP contribution in [-0.4, -0.2) is 42.3 Å². The molecule has 6 heteroatoms. The van der Waals surface area contributed by atoms with Gasteiger partial charge in [0.05, 0.1) is 12.0 Å². The summed E-state index contributed by atoms with van der Waals surface area (Å²) in [6.45, 7) is 2.71. The van der Waals surface area contributed by atoms with E-state index >= 15 is 0 Å². The highest BCUT2D eigenvalue weighted by atomic mass is 16.5. The van der Waals surface area contributed by atoms with Crippen molar-refractivity contribution in [3.63, 3.8) is 0 Å². The monoisotopic (exact) mass is 258 g/mol. The molecule has 1 heterocycles. The van der Waals surface area contributed by atoms with Gasteiger partial charge in [-0.05, 0) is 19.3 Å². The van der Waals surface area contributed by atoms with Gasteiger partial charge in [-0.3, -0.25) is 4.79 Å². The molecule has 1 aliphatic rings. The summed E-state index contributed by atoms with van der Waals surface area (Å²) in [7, 11) is 0. The topological polar surface area (TPSA) is 102 Å². The molecule has 0 aromatic rings. The number of aliphatic carboxylic acids is 1. The number of hydrogen-bond donors (Lipinski definition) is 3. The summed E-state index contributed by atoms with van der Waals surface area (Å²) in [5.41, 5.74) is 5.54. The fourth-order valence-corrected chi connectivity index (χ4v) is 2.10. The molecule has 3 unspecified atom stereocenters. The van der Waals surface area contributed by atoms with Crippen LogP contribution in [-0.2, 0) is 14.3 Å². The molecule has 0 aliphatic carbocycles. The lowest BCUT2D eigenvalue weighted by molar-refractivity contribution is -0.149. The third-order valence-electron chi connectivity index (χ3n) is 3.18. The first-order valence-electron chi connectivity index (χ1n) is 6.44. The average Bonchev–Trinajstić information content (AvgIpc) is 2.82. The normalized spacial score (nSPS) is 24.8. The maximum absolute atomic E-state index is 11.8. The highest BCUT2D eigenvalue weighted by Gasteiger charge is 2.30. The Labute approximate surface area is 107 Å². The summed E-state index contributed by atoms with van der Waals surface area (Å²) in [5, 5.41) is 11.6. The van der Waals surface area contributed by atoms with E-state index < -0.39 is 12.1 Å². The Hall–Kier alpha value is -1.14. The summed E-state index contributed by atoms with van der Waals surface area (Å²) in [4.78, 5) is 22.5. The van der Waals surface area contributed by atoms with E-state index in [1.54, 1.807) is 0 Å². The number of carboxylic acids is 1. The second kappa shape index (κ2) is 7.33. The molecule has 1 amide bonds. The quantitative estimate of drug-likeness (QED) is 0.601. The van der Waals surface area contributed by atoms with Gasteiger partial charge in [-0.25, -0.2) is 4.79 Å². The fraction of sp³-hybridized carbons (Fsp3) is 0.833. The van der Waals surface area contributed by atoms with Gasteiger partial charge in [0.15, 0.2) is 6.10 Å². The van der Waals surface area contributed by atoms with E-state index in [9.17, 15) is 9.59 Å². The van der Waals surface area contributed by atoms with Gasteiger partial charge in [-0.15, -0.1) is 0 Å². The van der Waals surface area contributed by atoms with E-state index in [0.717, 1.165) is 12.8 Å². The van der Waals surface area contributed by atoms with Crippen LogP contribution in [0, 0.1) is 5.92 Å². The van der Waals surface area contributed by atoms with Crippen LogP contribution in [0.15, 0.2) is 0 Å². The first-order chi connectivity index (χ1) is 8.58. The van der Waals surface area contributed by atoms with Crippen molar-refractivity contribution >= 4 is 11.9 Å². The molecule has 4 N–H and O–H groups in total. The second-order valence-electron chi connectivity index (χ2n) is 4.63. The van der Waals surface area contributed by atoms with Crippen molar-refractivity contribution in [1.82, 2.24) is 5.32 Å². The minimum Gasteiger partial charge on any atom is -0.479 e. The fourth-order valence-electron chi connectivity index (χ4n) is 2.10. The summed E-state index contributed by atoms with van der Waals surface area (Å²) < 4.78 is 5.30. The molecule has 18 heavy (non-hydrogen) atoms. The van der Waals surface area contributed by atoms with Gasteiger partial charge in [0, 0.05) is 13.1 Å². The average molecular weight is 258 g/mol. The Bertz CT molecular complexity index is 296. The van der Waals surface area contributed by atoms with Gasteiger partial charge in [0.2, 0.25) is 5.91 Å². The van der Waals surface area contributed by atoms with Crippen molar-refractivity contribution < 1.29 is 19.4 Å². The van der Waals surface area contributed by atoms with Crippen LogP contribution in [0.3, 0.4) is 0 Å². The van der Waals surface area contributed by atoms with Crippen LogP contribution in [0.25, 0.3) is 0 Å². The van der Waals surface area contributed by atoms with Crippen LogP contribution < -0.4 is 11.1 Å². The zero-order chi connectivity index (χ0) is 13.5. The highest BCUT2D eigenvalue weighted by Crippen LogP contribution is 2.19. The minimum absolute atomic E-state index is 0.0678. The summed E-state index contributed by atoms with van der Waals surface area (Å²) in [5.74, 6) is -1.16. The van der Waals surface area contributed by atoms with Crippen LogP contribution in [0.5, 0.6) is 0 Å². The molecule has 1 fully saturated rings. The van der Waals surface area contributed by atoms with Crippen molar-refractivity contribution in [2.45, 2.75) is 44.8 Å². The Morgan fingerprint density at radius 2 is 2.22 bits per heavy atom. The number of carbonyl (C=O) groups excluding carboxylic acids is 1. The number of ether oxygens (including phenoxy) is 1. The largest absolute Gasteiger partial charge is 0.479 e. The molecule has 1 aliphatic heterocycles. The lowest BCUT2D eigenvalue weighted by Crippen LogP contribution is -2.39. The van der Waals surface area contributed by atoms with Crippen molar-refractivity contribution in [3.8, 4) is 0 Å². The molecule has 0 aromatic heterocycles. The highest BCUT2D eigenvalue weighted by molar-refractivity contribution is 5.78. The molecular weight excluding hydrogens is 236 g/mol. The Kier molecular flexibility index (Phi) is 6.07. The molecule has 3 atom stereocenters. The smallest absolute Gasteiger partial charge is 0.332 e. The SMILES string of the molecule is CCCC(CN)C(=O)NCC1CCC(C(=O)O)O1. The predicted molar refractivity (Wildman–Crippen MR) is 66.0 cm³/mol. The number of hydrogen-bond acceptors (Lipinski definition) is 4. The number of nitrogens with two attached hydrogens (primary N) is 1. The van der Waals surface area contributed by atoms with Gasteiger partial charge in [-0.1, -0.05) is 13.3 Å². The molecule has 6 nitrogen and oxygen atoms in total. The van der Waals surface area contributed by atoms with Gasteiger partial charge in [-0.2, -0.15) is 0 Å². The Balaban J connectivity index is 2.28. The van der Waals surface area contributed by atoms with Crippen LogP contribution in [0.4, 0.5) is 0 Å². The first kappa shape index (κ1) is 14.9. The van der Waals surface area contributed by atoms with Gasteiger partial charge in [0.25, 0.3) is 0 Å². The first-order valence-corrected chi connectivity index (χ1v) is 6.44. The summed E-state index contributed by atoms with van der Waals surface area (Å²) >= 11 is 0. The number of rotatable bonds is 7. The third-order valence-corrected chi connectivity index (χ3v) is 3.18. The molecule has 0 bridgehead atoms. The Morgan fingerprint density at radius 1 is 1.50 bits per heavy atom. The van der Waals surface area contributed by atoms with Crippen LogP contribution in [0.1, 0.15) is 32.6 Å². The van der Waals surface area contributed by atoms with Crippen molar-refractivity contribution in [1.29, 1.82) is 0 Å². The van der Waals surface area contributed by atoms with Gasteiger partial charge in [0.1, 0.15) is 0 Å². The number of nitrogens with one attached hydrogen (secondary N) is 1. The predicted octanol–water partition coefficient (Wildman–Crippen LogP) is 0.110. The molecule has 104 valence electrons. The second-order valence-corrected chi connectivity index (χ2v) is 4.63. The zero-order valence-corrected chi connectivity index (χ0v) is 10.7. The number of carbonyl (C=O) groups is 2. The molecule has 1 saturated heterocycles. The molecule has 0 spiro atoms. The van der Waals surface area contributed by atoms with Crippen molar-refractivity contribution in [2.24, 2.45) is 11.7 Å². The summed E-state index contributed by atoms with van der Waals surface area (Å²) in [6, 6.07) is 0.